The summed E-state index contributed by atoms with van der Waals surface area (Å²) in [6.45, 7) is 11.6. The fraction of sp³-hybridized carbons (Fsp3) is 1.00. The van der Waals surface area contributed by atoms with Gasteiger partial charge in [0, 0.05) is 39.3 Å². The topological polar surface area (TPSA) is 73.1 Å². The lowest BCUT2D eigenvalue weighted by Crippen LogP contribution is -2.27. The highest BCUT2D eigenvalue weighted by Crippen LogP contribution is 1.81. The van der Waals surface area contributed by atoms with Crippen molar-refractivity contribution < 1.29 is 9.47 Å². The minimum atomic E-state index is 0.813. The monoisotopic (exact) mass is 406 g/mol. The molecule has 8 heteroatoms. The van der Waals surface area contributed by atoms with Gasteiger partial charge in [-0.1, -0.05) is 0 Å². The zero-order chi connectivity index (χ0) is 21.3. The first kappa shape index (κ1) is 29.9. The molecule has 0 aromatic rings. The molecule has 172 valence electrons. The van der Waals surface area contributed by atoms with Crippen LogP contribution in [0.2, 0.25) is 0 Å². The third-order valence-electron chi connectivity index (χ3n) is 3.76. The molecule has 0 radical (unpaired) electrons. The van der Waals surface area contributed by atoms with Crippen LogP contribution >= 0.6 is 0 Å². The molecule has 0 atom stereocenters. The molecule has 0 saturated carbocycles. The fourth-order valence-corrected chi connectivity index (χ4v) is 2.01. The maximum atomic E-state index is 5.43. The second-order valence-corrected chi connectivity index (χ2v) is 7.25. The van der Waals surface area contributed by atoms with E-state index in [9.17, 15) is 0 Å². The zero-order valence-corrected chi connectivity index (χ0v) is 19.6. The van der Waals surface area contributed by atoms with E-state index in [0.717, 1.165) is 85.2 Å². The lowest BCUT2D eigenvalue weighted by atomic mass is 10.4. The molecule has 0 aromatic heterocycles. The molecule has 0 aliphatic heterocycles. The minimum Gasteiger partial charge on any atom is -0.380 e. The van der Waals surface area contributed by atoms with E-state index in [1.165, 1.54) is 6.42 Å². The van der Waals surface area contributed by atoms with Gasteiger partial charge in [0.25, 0.3) is 0 Å². The summed E-state index contributed by atoms with van der Waals surface area (Å²) in [6, 6.07) is 0. The van der Waals surface area contributed by atoms with E-state index in [1.54, 1.807) is 0 Å². The molecule has 0 unspecified atom stereocenters. The zero-order valence-electron chi connectivity index (χ0n) is 19.6. The standard InChI is InChI=1S/2C10H25N3O/c1-11-7-10-14-9-4-5-12-6-8-13(2)3;1-11-5-4-6-12-7-9-14-10-8-13(2)3/h2*11-12H,4-10H2,1-3H3. The van der Waals surface area contributed by atoms with E-state index in [2.05, 4.69) is 59.3 Å². The Balaban J connectivity index is 0. The van der Waals surface area contributed by atoms with Gasteiger partial charge in [-0.3, -0.25) is 0 Å². The Morgan fingerprint density at radius 1 is 0.536 bits per heavy atom. The van der Waals surface area contributed by atoms with E-state index < -0.39 is 0 Å². The van der Waals surface area contributed by atoms with Gasteiger partial charge in [-0.25, -0.2) is 0 Å². The van der Waals surface area contributed by atoms with Crippen LogP contribution in [0.1, 0.15) is 12.8 Å². The Kier molecular flexibility index (Phi) is 28.5. The van der Waals surface area contributed by atoms with Gasteiger partial charge < -0.3 is 40.5 Å². The van der Waals surface area contributed by atoms with Crippen LogP contribution in [0.25, 0.3) is 0 Å². The van der Waals surface area contributed by atoms with Gasteiger partial charge in [0.05, 0.1) is 19.8 Å². The van der Waals surface area contributed by atoms with E-state index in [4.69, 9.17) is 9.47 Å². The van der Waals surface area contributed by atoms with Gasteiger partial charge in [-0.15, -0.1) is 0 Å². The molecule has 8 nitrogen and oxygen atoms in total. The Morgan fingerprint density at radius 2 is 1.11 bits per heavy atom. The third-order valence-corrected chi connectivity index (χ3v) is 3.76. The van der Waals surface area contributed by atoms with Crippen molar-refractivity contribution in [3.05, 3.63) is 0 Å². The number of hydrogen-bond donors (Lipinski definition) is 4. The van der Waals surface area contributed by atoms with Gasteiger partial charge >= 0.3 is 0 Å². The first-order valence-electron chi connectivity index (χ1n) is 10.7. The maximum Gasteiger partial charge on any atom is 0.0593 e. The van der Waals surface area contributed by atoms with Gasteiger partial charge in [-0.2, -0.15) is 0 Å². The quantitative estimate of drug-likeness (QED) is 0.202. The van der Waals surface area contributed by atoms with Crippen LogP contribution in [0.4, 0.5) is 0 Å². The average Bonchev–Trinajstić information content (AvgIpc) is 2.65. The van der Waals surface area contributed by atoms with Crippen molar-refractivity contribution in [2.75, 3.05) is 121 Å². The molecule has 0 bridgehead atoms. The van der Waals surface area contributed by atoms with Crippen molar-refractivity contribution in [3.8, 4) is 0 Å². The molecule has 0 rings (SSSR count). The number of ether oxygens (including phenoxy) is 2. The maximum absolute atomic E-state index is 5.43. The van der Waals surface area contributed by atoms with Crippen LogP contribution in [0.5, 0.6) is 0 Å². The van der Waals surface area contributed by atoms with Crippen LogP contribution in [0, 0.1) is 0 Å². The van der Waals surface area contributed by atoms with E-state index >= 15 is 0 Å². The molecule has 0 fully saturated rings. The highest BCUT2D eigenvalue weighted by molar-refractivity contribution is 4.51. The molecule has 28 heavy (non-hydrogen) atoms. The van der Waals surface area contributed by atoms with Crippen molar-refractivity contribution in [1.82, 2.24) is 31.1 Å². The predicted octanol–water partition coefficient (Wildman–Crippen LogP) is -0.473. The summed E-state index contributed by atoms with van der Waals surface area (Å²) in [5.41, 5.74) is 0. The van der Waals surface area contributed by atoms with Crippen LogP contribution in [-0.2, 0) is 9.47 Å². The normalized spacial score (nSPS) is 11.1. The first-order chi connectivity index (χ1) is 13.5. The molecule has 0 aliphatic rings. The van der Waals surface area contributed by atoms with Gasteiger partial charge in [-0.05, 0) is 74.8 Å². The molecule has 4 N–H and O–H groups in total. The largest absolute Gasteiger partial charge is 0.380 e. The predicted molar refractivity (Wildman–Crippen MR) is 122 cm³/mol. The summed E-state index contributed by atoms with van der Waals surface area (Å²) >= 11 is 0. The summed E-state index contributed by atoms with van der Waals surface area (Å²) in [5.74, 6) is 0. The molecular formula is C20H50N6O2. The minimum absolute atomic E-state index is 0.813. The summed E-state index contributed by atoms with van der Waals surface area (Å²) in [4.78, 5) is 4.30. The van der Waals surface area contributed by atoms with E-state index in [1.807, 2.05) is 14.1 Å². The SMILES string of the molecule is CNCCCNCCOCCN(C)C.CNCCOCCCNCCN(C)C. The molecular weight excluding hydrogens is 356 g/mol. The summed E-state index contributed by atoms with van der Waals surface area (Å²) in [5, 5.41) is 12.9. The van der Waals surface area contributed by atoms with Gasteiger partial charge in [0.15, 0.2) is 0 Å². The van der Waals surface area contributed by atoms with E-state index in [-0.39, 0.29) is 0 Å². The van der Waals surface area contributed by atoms with Crippen LogP contribution < -0.4 is 21.3 Å². The molecule has 0 spiro atoms. The number of nitrogens with zero attached hydrogens (tertiary/aromatic N) is 2. The van der Waals surface area contributed by atoms with Gasteiger partial charge in [0.1, 0.15) is 0 Å². The molecule has 0 aliphatic carbocycles. The average molecular weight is 407 g/mol. The lowest BCUT2D eigenvalue weighted by Gasteiger charge is -2.10. The third kappa shape index (κ3) is 33.3. The van der Waals surface area contributed by atoms with Crippen LogP contribution in [-0.4, -0.2) is 131 Å². The Hall–Kier alpha value is -0.320. The Morgan fingerprint density at radius 3 is 1.75 bits per heavy atom. The molecule has 0 saturated heterocycles. The molecule has 0 heterocycles. The Bertz CT molecular complexity index is 245. The highest BCUT2D eigenvalue weighted by Gasteiger charge is 1.92. The number of nitrogens with one attached hydrogen (secondary N) is 4. The van der Waals surface area contributed by atoms with Crippen molar-refractivity contribution >= 4 is 0 Å². The highest BCUT2D eigenvalue weighted by atomic mass is 16.5. The van der Waals surface area contributed by atoms with Crippen molar-refractivity contribution in [2.24, 2.45) is 0 Å². The second kappa shape index (κ2) is 26.7. The summed E-state index contributed by atoms with van der Waals surface area (Å²) in [7, 11) is 12.2. The number of rotatable bonds is 20. The lowest BCUT2D eigenvalue weighted by molar-refractivity contribution is 0.119. The molecule has 0 amide bonds. The summed E-state index contributed by atoms with van der Waals surface area (Å²) < 4.78 is 10.8. The van der Waals surface area contributed by atoms with E-state index in [0.29, 0.717) is 0 Å². The smallest absolute Gasteiger partial charge is 0.0593 e. The second-order valence-electron chi connectivity index (χ2n) is 7.25. The van der Waals surface area contributed by atoms with Gasteiger partial charge in [0.2, 0.25) is 0 Å². The van der Waals surface area contributed by atoms with Crippen LogP contribution in [0.3, 0.4) is 0 Å². The summed E-state index contributed by atoms with van der Waals surface area (Å²) in [6.07, 6.45) is 2.27. The molecule has 0 aromatic carbocycles. The number of hydrogen-bond acceptors (Lipinski definition) is 8. The Labute approximate surface area is 175 Å². The van der Waals surface area contributed by atoms with Crippen molar-refractivity contribution in [2.45, 2.75) is 12.8 Å². The van der Waals surface area contributed by atoms with Crippen molar-refractivity contribution in [1.29, 1.82) is 0 Å². The number of likely N-dealkylation sites (N-methyl/N-ethyl adjacent to an activating group) is 3. The van der Waals surface area contributed by atoms with Crippen LogP contribution in [0.15, 0.2) is 0 Å². The fourth-order valence-electron chi connectivity index (χ4n) is 2.01. The first-order valence-corrected chi connectivity index (χ1v) is 10.7. The van der Waals surface area contributed by atoms with Crippen molar-refractivity contribution in [3.63, 3.8) is 0 Å².